The summed E-state index contributed by atoms with van der Waals surface area (Å²) in [4.78, 5) is 18.6. The average molecular weight is 251 g/mol. The van der Waals surface area contributed by atoms with Crippen LogP contribution in [0.4, 0.5) is 0 Å². The van der Waals surface area contributed by atoms with Crippen LogP contribution in [0.2, 0.25) is 0 Å². The molecule has 1 aromatic rings. The van der Waals surface area contributed by atoms with Gasteiger partial charge in [0.05, 0.1) is 13.0 Å². The van der Waals surface area contributed by atoms with Gasteiger partial charge in [-0.05, 0) is 13.8 Å². The summed E-state index contributed by atoms with van der Waals surface area (Å²) >= 11 is 0. The smallest absolute Gasteiger partial charge is 0.170 e. The van der Waals surface area contributed by atoms with Crippen LogP contribution in [-0.2, 0) is 23.0 Å². The maximum Gasteiger partial charge on any atom is 0.170 e. The second kappa shape index (κ2) is 5.63. The van der Waals surface area contributed by atoms with Crippen molar-refractivity contribution in [2.75, 3.05) is 19.7 Å². The fourth-order valence-corrected chi connectivity index (χ4v) is 2.17. The van der Waals surface area contributed by atoms with Crippen LogP contribution < -0.4 is 0 Å². The fourth-order valence-electron chi connectivity index (χ4n) is 2.17. The molecule has 2 rings (SSSR count). The number of hydrogen-bond acceptors (Lipinski definition) is 4. The van der Waals surface area contributed by atoms with E-state index in [0.29, 0.717) is 25.6 Å². The van der Waals surface area contributed by atoms with Crippen molar-refractivity contribution < 1.29 is 9.53 Å². The Labute approximate surface area is 108 Å². The Morgan fingerprint density at radius 3 is 3.00 bits per heavy atom. The summed E-state index contributed by atoms with van der Waals surface area (Å²) in [6.45, 7) is 6.52. The molecule has 1 atom stereocenters. The molecule has 0 N–H and O–H groups in total. The highest BCUT2D eigenvalue weighted by molar-refractivity contribution is 5.85. The first-order valence-corrected chi connectivity index (χ1v) is 6.42. The van der Waals surface area contributed by atoms with Crippen LogP contribution >= 0.6 is 0 Å². The van der Waals surface area contributed by atoms with Crippen molar-refractivity contribution in [3.8, 4) is 0 Å². The molecule has 1 saturated heterocycles. The molecule has 0 spiro atoms. The molecule has 0 aliphatic carbocycles. The van der Waals surface area contributed by atoms with E-state index in [2.05, 4.69) is 23.7 Å². The number of aryl methyl sites for hydroxylation is 1. The Bertz CT molecular complexity index is 414. The molecule has 1 aliphatic heterocycles. The van der Waals surface area contributed by atoms with E-state index < -0.39 is 0 Å². The molecule has 18 heavy (non-hydrogen) atoms. The first kappa shape index (κ1) is 13.2. The number of nitrogens with zero attached hydrogens (tertiary/aromatic N) is 3. The highest BCUT2D eigenvalue weighted by Crippen LogP contribution is 2.11. The summed E-state index contributed by atoms with van der Waals surface area (Å²) in [5.41, 5.74) is 0. The van der Waals surface area contributed by atoms with E-state index in [0.717, 1.165) is 12.4 Å². The highest BCUT2D eigenvalue weighted by atomic mass is 16.5. The van der Waals surface area contributed by atoms with Crippen molar-refractivity contribution in [1.29, 1.82) is 0 Å². The summed E-state index contributed by atoms with van der Waals surface area (Å²) in [5, 5.41) is 0. The van der Waals surface area contributed by atoms with Gasteiger partial charge in [0.2, 0.25) is 0 Å². The number of carbonyl (C=O) groups is 1. The van der Waals surface area contributed by atoms with Gasteiger partial charge in [-0.2, -0.15) is 0 Å². The van der Waals surface area contributed by atoms with Gasteiger partial charge >= 0.3 is 0 Å². The molecule has 0 amide bonds. The molecule has 0 bridgehead atoms. The van der Waals surface area contributed by atoms with Crippen molar-refractivity contribution in [1.82, 2.24) is 14.5 Å². The molecule has 0 saturated carbocycles. The number of morpholine rings is 1. The molecule has 0 aromatic carbocycles. The molecule has 1 fully saturated rings. The molecule has 100 valence electrons. The Hall–Kier alpha value is -1.20. The lowest BCUT2D eigenvalue weighted by Crippen LogP contribution is -2.49. The molecule has 5 nitrogen and oxygen atoms in total. The van der Waals surface area contributed by atoms with Gasteiger partial charge in [-0.25, -0.2) is 4.98 Å². The van der Waals surface area contributed by atoms with Gasteiger partial charge in [-0.3, -0.25) is 9.69 Å². The van der Waals surface area contributed by atoms with Crippen LogP contribution in [0.25, 0.3) is 0 Å². The highest BCUT2D eigenvalue weighted by Gasteiger charge is 2.28. The van der Waals surface area contributed by atoms with Gasteiger partial charge in [-0.15, -0.1) is 0 Å². The quantitative estimate of drug-likeness (QED) is 0.788. The maximum atomic E-state index is 12.2. The van der Waals surface area contributed by atoms with Crippen molar-refractivity contribution >= 4 is 5.78 Å². The molecule has 1 unspecified atom stereocenters. The first-order chi connectivity index (χ1) is 8.58. The van der Waals surface area contributed by atoms with Crippen molar-refractivity contribution in [2.24, 2.45) is 7.05 Å². The second-order valence-electron chi connectivity index (χ2n) is 5.05. The zero-order valence-electron chi connectivity index (χ0n) is 11.3. The normalized spacial score (nSPS) is 21.4. The van der Waals surface area contributed by atoms with E-state index in [-0.39, 0.29) is 11.9 Å². The SMILES string of the molecule is CC(C)N1CCOC(C(=O)Cc2nccn2C)C1. The summed E-state index contributed by atoms with van der Waals surface area (Å²) in [6, 6.07) is 0.456. The Morgan fingerprint density at radius 2 is 2.39 bits per heavy atom. The second-order valence-corrected chi connectivity index (χ2v) is 5.05. The number of ketones is 1. The Morgan fingerprint density at radius 1 is 1.61 bits per heavy atom. The first-order valence-electron chi connectivity index (χ1n) is 6.42. The zero-order chi connectivity index (χ0) is 13.1. The monoisotopic (exact) mass is 251 g/mol. The lowest BCUT2D eigenvalue weighted by atomic mass is 10.1. The lowest BCUT2D eigenvalue weighted by molar-refractivity contribution is -0.136. The number of imidazole rings is 1. The van der Waals surface area contributed by atoms with Gasteiger partial charge < -0.3 is 9.30 Å². The summed E-state index contributed by atoms with van der Waals surface area (Å²) in [6.07, 6.45) is 3.60. The van der Waals surface area contributed by atoms with Crippen LogP contribution in [0.15, 0.2) is 12.4 Å². The number of ether oxygens (including phenoxy) is 1. The number of rotatable bonds is 4. The lowest BCUT2D eigenvalue weighted by Gasteiger charge is -2.34. The van der Waals surface area contributed by atoms with Crippen molar-refractivity contribution in [3.63, 3.8) is 0 Å². The Kier molecular flexibility index (Phi) is 4.14. The Balaban J connectivity index is 1.95. The van der Waals surface area contributed by atoms with Gasteiger partial charge in [0.15, 0.2) is 5.78 Å². The number of carbonyl (C=O) groups excluding carboxylic acids is 1. The molecule has 1 aliphatic rings. The maximum absolute atomic E-state index is 12.2. The van der Waals surface area contributed by atoms with Crippen LogP contribution in [0.1, 0.15) is 19.7 Å². The van der Waals surface area contributed by atoms with E-state index in [4.69, 9.17) is 4.74 Å². The van der Waals surface area contributed by atoms with Crippen molar-refractivity contribution in [2.45, 2.75) is 32.4 Å². The largest absolute Gasteiger partial charge is 0.368 e. The standard InChI is InChI=1S/C13H21N3O2/c1-10(2)16-6-7-18-12(9-16)11(17)8-13-14-4-5-15(13)3/h4-5,10,12H,6-9H2,1-3H3. The fraction of sp³-hybridized carbons (Fsp3) is 0.692. The summed E-state index contributed by atoms with van der Waals surface area (Å²) in [7, 11) is 1.90. The number of hydrogen-bond donors (Lipinski definition) is 0. The van der Waals surface area contributed by atoms with Crippen LogP contribution in [0, 0.1) is 0 Å². The van der Waals surface area contributed by atoms with Crippen LogP contribution in [0.5, 0.6) is 0 Å². The minimum absolute atomic E-state index is 0.120. The molecule has 1 aromatic heterocycles. The molecular formula is C13H21N3O2. The number of aromatic nitrogens is 2. The predicted octanol–water partition coefficient (Wildman–Crippen LogP) is 0.641. The van der Waals surface area contributed by atoms with E-state index in [1.165, 1.54) is 0 Å². The van der Waals surface area contributed by atoms with Crippen molar-refractivity contribution in [3.05, 3.63) is 18.2 Å². The number of Topliss-reactive ketones (excluding diaryl/α,β-unsaturated/α-hetero) is 1. The third-order valence-electron chi connectivity index (χ3n) is 3.44. The average Bonchev–Trinajstić information content (AvgIpc) is 2.75. The van der Waals surface area contributed by atoms with Gasteiger partial charge in [0, 0.05) is 38.6 Å². The van der Waals surface area contributed by atoms with Gasteiger partial charge in [0.25, 0.3) is 0 Å². The molecule has 5 heteroatoms. The molecular weight excluding hydrogens is 230 g/mol. The van der Waals surface area contributed by atoms with E-state index in [9.17, 15) is 4.79 Å². The minimum Gasteiger partial charge on any atom is -0.368 e. The van der Waals surface area contributed by atoms with E-state index in [1.54, 1.807) is 6.20 Å². The molecule has 2 heterocycles. The predicted molar refractivity (Wildman–Crippen MR) is 68.4 cm³/mol. The van der Waals surface area contributed by atoms with E-state index >= 15 is 0 Å². The third kappa shape index (κ3) is 2.97. The van der Waals surface area contributed by atoms with Crippen LogP contribution in [-0.4, -0.2) is 52.1 Å². The zero-order valence-corrected chi connectivity index (χ0v) is 11.3. The topological polar surface area (TPSA) is 47.4 Å². The van der Waals surface area contributed by atoms with Gasteiger partial charge in [-0.1, -0.05) is 0 Å². The van der Waals surface area contributed by atoms with Crippen LogP contribution in [0.3, 0.4) is 0 Å². The van der Waals surface area contributed by atoms with E-state index in [1.807, 2.05) is 17.8 Å². The minimum atomic E-state index is -0.308. The van der Waals surface area contributed by atoms with Gasteiger partial charge in [0.1, 0.15) is 11.9 Å². The summed E-state index contributed by atoms with van der Waals surface area (Å²) < 4.78 is 7.46. The third-order valence-corrected chi connectivity index (χ3v) is 3.44. The molecule has 0 radical (unpaired) electrons. The summed E-state index contributed by atoms with van der Waals surface area (Å²) in [5.74, 6) is 0.917.